The maximum absolute atomic E-state index is 13.6. The van der Waals surface area contributed by atoms with Gasteiger partial charge in [-0.1, -0.05) is 0 Å². The molecule has 0 aliphatic carbocycles. The van der Waals surface area contributed by atoms with E-state index in [1.54, 1.807) is 13.8 Å². The van der Waals surface area contributed by atoms with E-state index in [9.17, 15) is 22.4 Å². The van der Waals surface area contributed by atoms with Crippen LogP contribution in [0.15, 0.2) is 32.7 Å². The molecule has 0 spiro atoms. The summed E-state index contributed by atoms with van der Waals surface area (Å²) in [6.45, 7) is 3.58. The summed E-state index contributed by atoms with van der Waals surface area (Å²) < 4.78 is 41.9. The van der Waals surface area contributed by atoms with Gasteiger partial charge >= 0.3 is 5.69 Å². The lowest BCUT2D eigenvalue weighted by Crippen LogP contribution is -2.45. The molecule has 4 rings (SSSR count). The smallest absolute Gasteiger partial charge is 0.307 e. The zero-order valence-corrected chi connectivity index (χ0v) is 16.7. The summed E-state index contributed by atoms with van der Waals surface area (Å²) in [7, 11) is -3.73. The predicted molar refractivity (Wildman–Crippen MR) is 104 cm³/mol. The second-order valence-corrected chi connectivity index (χ2v) is 9.07. The summed E-state index contributed by atoms with van der Waals surface area (Å²) >= 11 is 0. The van der Waals surface area contributed by atoms with E-state index in [0.29, 0.717) is 24.2 Å². The first-order valence-electron chi connectivity index (χ1n) is 9.16. The first-order chi connectivity index (χ1) is 13.7. The van der Waals surface area contributed by atoms with Crippen LogP contribution in [0.5, 0.6) is 0 Å². The van der Waals surface area contributed by atoms with Crippen molar-refractivity contribution in [1.82, 2.24) is 24.1 Å². The standard InChI is InChI=1S/C18H20FN5O4S/c1-10-16(11(2)22-21-10)29(27,28)23-7-5-13(6-8-23)24-17(25)14-9-12(19)3-4-15(14)20-18(24)26/h3-4,9,13H,5-8H2,1-2H3,(H,20,26)(H,21,22). The van der Waals surface area contributed by atoms with Gasteiger partial charge in [0, 0.05) is 19.1 Å². The number of H-pyrrole nitrogens is 2. The summed E-state index contributed by atoms with van der Waals surface area (Å²) in [5.41, 5.74) is -0.0331. The third-order valence-electron chi connectivity index (χ3n) is 5.34. The second kappa shape index (κ2) is 6.92. The van der Waals surface area contributed by atoms with Crippen LogP contribution in [-0.4, -0.2) is 45.6 Å². The van der Waals surface area contributed by atoms with Crippen molar-refractivity contribution in [2.45, 2.75) is 37.6 Å². The van der Waals surface area contributed by atoms with Gasteiger partial charge in [0.2, 0.25) is 10.0 Å². The van der Waals surface area contributed by atoms with Crippen LogP contribution in [0.3, 0.4) is 0 Å². The van der Waals surface area contributed by atoms with E-state index >= 15 is 0 Å². The maximum atomic E-state index is 13.6. The first kappa shape index (κ1) is 19.5. The zero-order chi connectivity index (χ0) is 20.9. The van der Waals surface area contributed by atoms with Gasteiger partial charge in [-0.2, -0.15) is 9.40 Å². The van der Waals surface area contributed by atoms with Crippen LogP contribution in [-0.2, 0) is 10.0 Å². The van der Waals surface area contributed by atoms with E-state index < -0.39 is 33.1 Å². The average molecular weight is 421 g/mol. The molecule has 1 aromatic carbocycles. The molecule has 29 heavy (non-hydrogen) atoms. The highest BCUT2D eigenvalue weighted by atomic mass is 32.2. The molecular formula is C18H20FN5O4S. The van der Waals surface area contributed by atoms with Crippen LogP contribution in [0.25, 0.3) is 10.9 Å². The van der Waals surface area contributed by atoms with Gasteiger partial charge in [0.05, 0.1) is 22.3 Å². The van der Waals surface area contributed by atoms with E-state index in [2.05, 4.69) is 15.2 Å². The van der Waals surface area contributed by atoms with Crippen molar-refractivity contribution in [3.05, 3.63) is 56.2 Å². The molecule has 0 saturated carbocycles. The summed E-state index contributed by atoms with van der Waals surface area (Å²) in [4.78, 5) is 28.0. The number of fused-ring (bicyclic) bond motifs is 1. The van der Waals surface area contributed by atoms with Gasteiger partial charge in [0.1, 0.15) is 10.7 Å². The molecule has 9 nitrogen and oxygen atoms in total. The highest BCUT2D eigenvalue weighted by Crippen LogP contribution is 2.28. The van der Waals surface area contributed by atoms with Gasteiger partial charge < -0.3 is 4.98 Å². The highest BCUT2D eigenvalue weighted by molar-refractivity contribution is 7.89. The molecule has 3 heterocycles. The number of piperidine rings is 1. The molecule has 154 valence electrons. The van der Waals surface area contributed by atoms with Crippen molar-refractivity contribution in [2.75, 3.05) is 13.1 Å². The summed E-state index contributed by atoms with van der Waals surface area (Å²) in [5.74, 6) is -0.569. The number of aromatic amines is 2. The van der Waals surface area contributed by atoms with Crippen LogP contribution in [0, 0.1) is 19.7 Å². The molecule has 1 fully saturated rings. The van der Waals surface area contributed by atoms with Crippen molar-refractivity contribution in [3.8, 4) is 0 Å². The Morgan fingerprint density at radius 2 is 1.86 bits per heavy atom. The van der Waals surface area contributed by atoms with Crippen molar-refractivity contribution in [2.24, 2.45) is 0 Å². The molecule has 1 saturated heterocycles. The number of hydrogen-bond acceptors (Lipinski definition) is 5. The molecule has 0 unspecified atom stereocenters. The third kappa shape index (κ3) is 3.19. The first-order valence-corrected chi connectivity index (χ1v) is 10.6. The number of nitrogens with one attached hydrogen (secondary N) is 2. The number of benzene rings is 1. The second-order valence-electron chi connectivity index (χ2n) is 7.19. The fourth-order valence-corrected chi connectivity index (χ4v) is 5.72. The number of halogens is 1. The van der Waals surface area contributed by atoms with Gasteiger partial charge in [-0.25, -0.2) is 17.6 Å². The Bertz CT molecular complexity index is 1300. The summed E-state index contributed by atoms with van der Waals surface area (Å²) in [6.07, 6.45) is 0.581. The van der Waals surface area contributed by atoms with Gasteiger partial charge in [0.25, 0.3) is 5.56 Å². The molecule has 1 aliphatic heterocycles. The zero-order valence-electron chi connectivity index (χ0n) is 15.9. The average Bonchev–Trinajstić information content (AvgIpc) is 3.02. The van der Waals surface area contributed by atoms with Crippen LogP contribution in [0.1, 0.15) is 30.3 Å². The lowest BCUT2D eigenvalue weighted by Gasteiger charge is -2.31. The van der Waals surface area contributed by atoms with Gasteiger partial charge in [0.15, 0.2) is 0 Å². The third-order valence-corrected chi connectivity index (χ3v) is 7.50. The van der Waals surface area contributed by atoms with Crippen molar-refractivity contribution in [1.29, 1.82) is 0 Å². The monoisotopic (exact) mass is 421 g/mol. The quantitative estimate of drug-likeness (QED) is 0.658. The molecule has 1 aliphatic rings. The molecule has 0 bridgehead atoms. The number of aryl methyl sites for hydroxylation is 2. The Balaban J connectivity index is 1.64. The molecule has 11 heteroatoms. The number of nitrogens with zero attached hydrogens (tertiary/aromatic N) is 3. The number of hydrogen-bond donors (Lipinski definition) is 2. The lowest BCUT2D eigenvalue weighted by atomic mass is 10.1. The molecule has 3 aromatic rings. The maximum Gasteiger partial charge on any atom is 0.329 e. The van der Waals surface area contributed by atoms with E-state index in [0.717, 1.165) is 10.6 Å². The van der Waals surface area contributed by atoms with E-state index in [1.165, 1.54) is 16.4 Å². The number of rotatable bonds is 3. The Labute approximate surface area is 165 Å². The van der Waals surface area contributed by atoms with Gasteiger partial charge in [-0.3, -0.25) is 14.5 Å². The predicted octanol–water partition coefficient (Wildman–Crippen LogP) is 1.19. The van der Waals surface area contributed by atoms with E-state index in [-0.39, 0.29) is 28.9 Å². The Hall–Kier alpha value is -2.79. The van der Waals surface area contributed by atoms with Gasteiger partial charge in [-0.15, -0.1) is 0 Å². The number of sulfonamides is 1. The van der Waals surface area contributed by atoms with Crippen LogP contribution >= 0.6 is 0 Å². The Morgan fingerprint density at radius 3 is 2.48 bits per heavy atom. The summed E-state index contributed by atoms with van der Waals surface area (Å²) in [5, 5.41) is 6.71. The van der Waals surface area contributed by atoms with Crippen LogP contribution < -0.4 is 11.2 Å². The molecule has 2 aromatic heterocycles. The van der Waals surface area contributed by atoms with Gasteiger partial charge in [-0.05, 0) is 44.9 Å². The topological polar surface area (TPSA) is 121 Å². The SMILES string of the molecule is Cc1n[nH]c(C)c1S(=O)(=O)N1CCC(n2c(=O)[nH]c3ccc(F)cc3c2=O)CC1. The highest BCUT2D eigenvalue weighted by Gasteiger charge is 2.34. The largest absolute Gasteiger partial charge is 0.329 e. The normalized spacial score (nSPS) is 16.5. The molecular weight excluding hydrogens is 401 g/mol. The Morgan fingerprint density at radius 1 is 1.17 bits per heavy atom. The molecule has 0 atom stereocenters. The van der Waals surface area contributed by atoms with E-state index in [1.807, 2.05) is 0 Å². The Kier molecular flexibility index (Phi) is 4.66. The van der Waals surface area contributed by atoms with Crippen molar-refractivity contribution in [3.63, 3.8) is 0 Å². The lowest BCUT2D eigenvalue weighted by molar-refractivity contribution is 0.266. The fourth-order valence-electron chi connectivity index (χ4n) is 3.92. The molecule has 0 amide bonds. The number of aromatic nitrogens is 4. The van der Waals surface area contributed by atoms with Crippen LogP contribution in [0.2, 0.25) is 0 Å². The minimum Gasteiger partial charge on any atom is -0.307 e. The fraction of sp³-hybridized carbons (Fsp3) is 0.389. The van der Waals surface area contributed by atoms with Crippen LogP contribution in [0.4, 0.5) is 4.39 Å². The molecule has 0 radical (unpaired) electrons. The van der Waals surface area contributed by atoms with Crippen molar-refractivity contribution < 1.29 is 12.8 Å². The summed E-state index contributed by atoms with van der Waals surface area (Å²) in [6, 6.07) is 3.14. The van der Waals surface area contributed by atoms with E-state index in [4.69, 9.17) is 0 Å². The molecule has 2 N–H and O–H groups in total. The minimum absolute atomic E-state index is 0.0873. The van der Waals surface area contributed by atoms with Crippen molar-refractivity contribution >= 4 is 20.9 Å². The minimum atomic E-state index is -3.73.